The highest BCUT2D eigenvalue weighted by atomic mass is 16.5. The summed E-state index contributed by atoms with van der Waals surface area (Å²) in [4.78, 5) is 11.1. The normalized spacial score (nSPS) is 12.2. The van der Waals surface area contributed by atoms with E-state index in [1.165, 1.54) is 0 Å². The number of carbonyl (C=O) groups is 1. The molecule has 0 heterocycles. The molecule has 0 amide bonds. The third-order valence-corrected chi connectivity index (χ3v) is 1.82. The van der Waals surface area contributed by atoms with E-state index < -0.39 is 0 Å². The molecule has 0 fully saturated rings. The number of carbonyl (C=O) groups excluding carboxylic acids is 1. The van der Waals surface area contributed by atoms with Crippen molar-refractivity contribution in [2.45, 2.75) is 52.1 Å². The summed E-state index contributed by atoms with van der Waals surface area (Å²) in [7, 11) is 0. The van der Waals surface area contributed by atoms with Crippen LogP contribution in [0.4, 0.5) is 0 Å². The monoisotopic (exact) mass is 184 g/mol. The molecule has 0 aromatic heterocycles. The lowest BCUT2D eigenvalue weighted by Gasteiger charge is -2.10. The van der Waals surface area contributed by atoms with Gasteiger partial charge in [-0.25, -0.2) is 0 Å². The topological polar surface area (TPSA) is 26.3 Å². The van der Waals surface area contributed by atoms with Crippen molar-refractivity contribution in [2.24, 2.45) is 0 Å². The maximum Gasteiger partial charge on any atom is 0.306 e. The first-order valence-electron chi connectivity index (χ1n) is 5.01. The van der Waals surface area contributed by atoms with Gasteiger partial charge in [-0.15, -0.1) is 6.58 Å². The van der Waals surface area contributed by atoms with Crippen LogP contribution in [0.3, 0.4) is 0 Å². The van der Waals surface area contributed by atoms with E-state index in [1.807, 2.05) is 6.92 Å². The number of rotatable bonds is 7. The van der Waals surface area contributed by atoms with Gasteiger partial charge in [0, 0.05) is 12.8 Å². The number of ether oxygens (including phenoxy) is 1. The molecule has 76 valence electrons. The van der Waals surface area contributed by atoms with Crippen LogP contribution in [0.25, 0.3) is 0 Å². The minimum absolute atomic E-state index is 0.0216. The van der Waals surface area contributed by atoms with E-state index in [4.69, 9.17) is 4.74 Å². The van der Waals surface area contributed by atoms with Crippen molar-refractivity contribution in [1.82, 2.24) is 0 Å². The van der Waals surface area contributed by atoms with E-state index in [0.717, 1.165) is 25.7 Å². The number of hydrogen-bond acceptors (Lipinski definition) is 2. The maximum absolute atomic E-state index is 11.1. The fraction of sp³-hybridized carbons (Fsp3) is 0.727. The molecule has 0 saturated carbocycles. The first kappa shape index (κ1) is 12.2. The predicted octanol–water partition coefficient (Wildman–Crippen LogP) is 3.07. The molecule has 0 N–H and O–H groups in total. The molecule has 0 aromatic carbocycles. The van der Waals surface area contributed by atoms with Gasteiger partial charge in [0.15, 0.2) is 0 Å². The standard InChI is InChI=1S/C11H20O2/c1-4-6-7-9-11(12)13-10(3)8-5-2/h5,10H,2,4,6-9H2,1,3H3. The van der Waals surface area contributed by atoms with Gasteiger partial charge in [0.2, 0.25) is 0 Å². The summed E-state index contributed by atoms with van der Waals surface area (Å²) >= 11 is 0. The molecule has 0 bridgehead atoms. The third kappa shape index (κ3) is 7.57. The Morgan fingerprint density at radius 1 is 1.54 bits per heavy atom. The van der Waals surface area contributed by atoms with Gasteiger partial charge in [0.25, 0.3) is 0 Å². The van der Waals surface area contributed by atoms with E-state index in [-0.39, 0.29) is 12.1 Å². The minimum Gasteiger partial charge on any atom is -0.462 e. The summed E-state index contributed by atoms with van der Waals surface area (Å²) in [6, 6.07) is 0. The molecule has 13 heavy (non-hydrogen) atoms. The Hall–Kier alpha value is -0.790. The Bertz CT molecular complexity index is 152. The fourth-order valence-electron chi connectivity index (χ4n) is 1.09. The lowest BCUT2D eigenvalue weighted by molar-refractivity contribution is -0.148. The van der Waals surface area contributed by atoms with Crippen LogP contribution in [-0.4, -0.2) is 12.1 Å². The van der Waals surface area contributed by atoms with Crippen molar-refractivity contribution >= 4 is 5.97 Å². The first-order valence-corrected chi connectivity index (χ1v) is 5.01. The van der Waals surface area contributed by atoms with Crippen molar-refractivity contribution in [3.05, 3.63) is 12.7 Å². The van der Waals surface area contributed by atoms with Crippen LogP contribution in [0.5, 0.6) is 0 Å². The van der Waals surface area contributed by atoms with E-state index in [2.05, 4.69) is 13.5 Å². The van der Waals surface area contributed by atoms with Gasteiger partial charge < -0.3 is 4.74 Å². The lowest BCUT2D eigenvalue weighted by atomic mass is 10.2. The molecule has 0 aliphatic rings. The lowest BCUT2D eigenvalue weighted by Crippen LogP contribution is -2.13. The van der Waals surface area contributed by atoms with Crippen LogP contribution in [0, 0.1) is 0 Å². The molecule has 0 radical (unpaired) electrons. The van der Waals surface area contributed by atoms with E-state index in [0.29, 0.717) is 6.42 Å². The Morgan fingerprint density at radius 2 is 2.23 bits per heavy atom. The minimum atomic E-state index is -0.0807. The van der Waals surface area contributed by atoms with Crippen molar-refractivity contribution in [3.63, 3.8) is 0 Å². The molecule has 0 aromatic rings. The van der Waals surface area contributed by atoms with Gasteiger partial charge in [-0.3, -0.25) is 4.79 Å². The summed E-state index contributed by atoms with van der Waals surface area (Å²) in [5.41, 5.74) is 0. The molecule has 0 rings (SSSR count). The second kappa shape index (κ2) is 7.84. The zero-order valence-corrected chi connectivity index (χ0v) is 8.71. The molecular weight excluding hydrogens is 164 g/mol. The van der Waals surface area contributed by atoms with Crippen molar-refractivity contribution in [3.8, 4) is 0 Å². The number of hydrogen-bond donors (Lipinski definition) is 0. The highest BCUT2D eigenvalue weighted by molar-refractivity contribution is 5.69. The van der Waals surface area contributed by atoms with Crippen molar-refractivity contribution in [1.29, 1.82) is 0 Å². The van der Waals surface area contributed by atoms with Crippen LogP contribution < -0.4 is 0 Å². The number of unbranched alkanes of at least 4 members (excludes halogenated alkanes) is 2. The summed E-state index contributed by atoms with van der Waals surface area (Å²) in [6.07, 6.45) is 6.21. The van der Waals surface area contributed by atoms with E-state index in [9.17, 15) is 4.79 Å². The van der Waals surface area contributed by atoms with E-state index in [1.54, 1.807) is 6.08 Å². The van der Waals surface area contributed by atoms with Gasteiger partial charge in [-0.05, 0) is 13.3 Å². The second-order valence-corrected chi connectivity index (χ2v) is 3.28. The Balaban J connectivity index is 3.43. The molecular formula is C11H20O2. The van der Waals surface area contributed by atoms with Gasteiger partial charge in [0.05, 0.1) is 0 Å². The molecule has 0 aliphatic heterocycles. The molecule has 0 spiro atoms. The van der Waals surface area contributed by atoms with Crippen LogP contribution in [0.2, 0.25) is 0 Å². The Kier molecular flexibility index (Phi) is 7.36. The van der Waals surface area contributed by atoms with Crippen LogP contribution in [-0.2, 0) is 9.53 Å². The van der Waals surface area contributed by atoms with Crippen molar-refractivity contribution < 1.29 is 9.53 Å². The van der Waals surface area contributed by atoms with Gasteiger partial charge in [-0.1, -0.05) is 25.8 Å². The first-order chi connectivity index (χ1) is 6.20. The summed E-state index contributed by atoms with van der Waals surface area (Å²) < 4.78 is 5.13. The zero-order chi connectivity index (χ0) is 10.1. The van der Waals surface area contributed by atoms with Crippen LogP contribution in [0.1, 0.15) is 46.0 Å². The second-order valence-electron chi connectivity index (χ2n) is 3.28. The van der Waals surface area contributed by atoms with Gasteiger partial charge in [-0.2, -0.15) is 0 Å². The highest BCUT2D eigenvalue weighted by Gasteiger charge is 2.06. The van der Waals surface area contributed by atoms with Crippen LogP contribution >= 0.6 is 0 Å². The van der Waals surface area contributed by atoms with Crippen LogP contribution in [0.15, 0.2) is 12.7 Å². The van der Waals surface area contributed by atoms with Crippen molar-refractivity contribution in [2.75, 3.05) is 0 Å². The molecule has 0 aliphatic carbocycles. The fourth-order valence-corrected chi connectivity index (χ4v) is 1.09. The molecule has 1 atom stereocenters. The molecule has 2 heteroatoms. The SMILES string of the molecule is C=CCC(C)OC(=O)CCCCC. The maximum atomic E-state index is 11.1. The largest absolute Gasteiger partial charge is 0.462 e. The molecule has 1 unspecified atom stereocenters. The zero-order valence-electron chi connectivity index (χ0n) is 8.71. The third-order valence-electron chi connectivity index (χ3n) is 1.82. The summed E-state index contributed by atoms with van der Waals surface area (Å²) in [6.45, 7) is 7.60. The average molecular weight is 184 g/mol. The van der Waals surface area contributed by atoms with Gasteiger partial charge in [0.1, 0.15) is 6.10 Å². The summed E-state index contributed by atoms with van der Waals surface area (Å²) in [5, 5.41) is 0. The summed E-state index contributed by atoms with van der Waals surface area (Å²) in [5.74, 6) is -0.0807. The Morgan fingerprint density at radius 3 is 2.77 bits per heavy atom. The molecule has 2 nitrogen and oxygen atoms in total. The average Bonchev–Trinajstić information content (AvgIpc) is 2.05. The predicted molar refractivity (Wildman–Crippen MR) is 54.5 cm³/mol. The smallest absolute Gasteiger partial charge is 0.306 e. The quantitative estimate of drug-likeness (QED) is 0.345. The Labute approximate surface area is 81.0 Å². The van der Waals surface area contributed by atoms with Gasteiger partial charge >= 0.3 is 5.97 Å². The number of esters is 1. The van der Waals surface area contributed by atoms with E-state index >= 15 is 0 Å². The highest BCUT2D eigenvalue weighted by Crippen LogP contribution is 2.04. The molecule has 0 saturated heterocycles.